The first-order valence-electron chi connectivity index (χ1n) is 9.72. The van der Waals surface area contributed by atoms with Crippen molar-refractivity contribution in [3.63, 3.8) is 0 Å². The van der Waals surface area contributed by atoms with E-state index in [9.17, 15) is 4.79 Å². The van der Waals surface area contributed by atoms with E-state index in [0.29, 0.717) is 0 Å². The number of carbonyl (C=O) groups excluding carboxylic acids is 1. The normalized spacial score (nSPS) is 20.6. The van der Waals surface area contributed by atoms with Gasteiger partial charge in [-0.3, -0.25) is 9.69 Å². The molecule has 4 nitrogen and oxygen atoms in total. The Morgan fingerprint density at radius 2 is 1.72 bits per heavy atom. The van der Waals surface area contributed by atoms with Crippen LogP contribution >= 0.6 is 0 Å². The number of hydrogen-bond donors (Lipinski definition) is 0. The number of amides is 1. The Morgan fingerprint density at radius 1 is 1.08 bits per heavy atom. The molecule has 1 amide bonds. The van der Waals surface area contributed by atoms with Crippen LogP contribution in [0.15, 0.2) is 30.3 Å². The van der Waals surface area contributed by atoms with Crippen LogP contribution in [0.25, 0.3) is 0 Å². The highest BCUT2D eigenvalue weighted by Crippen LogP contribution is 2.29. The molecule has 0 aromatic heterocycles. The zero-order valence-corrected chi connectivity index (χ0v) is 15.7. The molecule has 2 aliphatic heterocycles. The summed E-state index contributed by atoms with van der Waals surface area (Å²) < 4.78 is 5.41. The summed E-state index contributed by atoms with van der Waals surface area (Å²) in [5.41, 5.74) is 0.663. The lowest BCUT2D eigenvalue weighted by atomic mass is 9.82. The molecule has 0 N–H and O–H groups in total. The van der Waals surface area contributed by atoms with Crippen LogP contribution in [0.3, 0.4) is 0 Å². The van der Waals surface area contributed by atoms with Gasteiger partial charge in [-0.25, -0.2) is 0 Å². The average Bonchev–Trinajstić information content (AvgIpc) is 2.68. The molecule has 138 valence electrons. The molecule has 2 saturated heterocycles. The molecule has 0 unspecified atom stereocenters. The fourth-order valence-electron chi connectivity index (χ4n) is 3.99. The molecule has 1 aromatic carbocycles. The number of piperidine rings is 1. The molecule has 2 fully saturated rings. The molecule has 2 heterocycles. The highest BCUT2D eigenvalue weighted by Gasteiger charge is 2.35. The van der Waals surface area contributed by atoms with Crippen LogP contribution in [-0.2, 0) is 14.9 Å². The monoisotopic (exact) mass is 344 g/mol. The Labute approximate surface area is 152 Å². The van der Waals surface area contributed by atoms with E-state index in [4.69, 9.17) is 4.74 Å². The summed E-state index contributed by atoms with van der Waals surface area (Å²) in [5.74, 6) is 1.03. The van der Waals surface area contributed by atoms with E-state index in [1.807, 2.05) is 18.2 Å². The molecule has 25 heavy (non-hydrogen) atoms. The number of morpholine rings is 1. The highest BCUT2D eigenvalue weighted by molar-refractivity contribution is 5.87. The summed E-state index contributed by atoms with van der Waals surface area (Å²) in [5, 5.41) is 0. The Balaban J connectivity index is 1.47. The van der Waals surface area contributed by atoms with Gasteiger partial charge < -0.3 is 9.64 Å². The first-order valence-corrected chi connectivity index (χ1v) is 9.72. The molecule has 0 atom stereocenters. The third-order valence-corrected chi connectivity index (χ3v) is 5.89. The van der Waals surface area contributed by atoms with E-state index in [2.05, 4.69) is 35.8 Å². The number of likely N-dealkylation sites (tertiary alicyclic amines) is 1. The topological polar surface area (TPSA) is 32.8 Å². The van der Waals surface area contributed by atoms with Crippen LogP contribution < -0.4 is 0 Å². The maximum Gasteiger partial charge on any atom is 0.232 e. The predicted molar refractivity (Wildman–Crippen MR) is 101 cm³/mol. The highest BCUT2D eigenvalue weighted by atomic mass is 16.5. The van der Waals surface area contributed by atoms with Crippen molar-refractivity contribution >= 4 is 5.91 Å². The van der Waals surface area contributed by atoms with Crippen molar-refractivity contribution in [2.75, 3.05) is 45.9 Å². The van der Waals surface area contributed by atoms with Gasteiger partial charge in [-0.15, -0.1) is 0 Å². The van der Waals surface area contributed by atoms with Crippen LogP contribution in [0, 0.1) is 5.92 Å². The smallest absolute Gasteiger partial charge is 0.232 e. The maximum atomic E-state index is 13.0. The summed E-state index contributed by atoms with van der Waals surface area (Å²) in [7, 11) is 0. The Morgan fingerprint density at radius 3 is 2.36 bits per heavy atom. The van der Waals surface area contributed by atoms with Crippen LogP contribution in [0.5, 0.6) is 0 Å². The molecule has 1 aromatic rings. The van der Waals surface area contributed by atoms with E-state index in [1.54, 1.807) is 0 Å². The molecule has 0 spiro atoms. The molecular formula is C21H32N2O2. The first-order chi connectivity index (χ1) is 12.1. The number of hydrogen-bond acceptors (Lipinski definition) is 3. The van der Waals surface area contributed by atoms with Gasteiger partial charge >= 0.3 is 0 Å². The van der Waals surface area contributed by atoms with E-state index in [-0.39, 0.29) is 5.91 Å². The van der Waals surface area contributed by atoms with Crippen molar-refractivity contribution in [3.05, 3.63) is 35.9 Å². The quantitative estimate of drug-likeness (QED) is 0.823. The lowest BCUT2D eigenvalue weighted by Crippen LogP contribution is -2.47. The second-order valence-electron chi connectivity index (χ2n) is 7.97. The van der Waals surface area contributed by atoms with Crippen LogP contribution in [0.2, 0.25) is 0 Å². The molecule has 0 bridgehead atoms. The number of carbonyl (C=O) groups is 1. The van der Waals surface area contributed by atoms with Crippen molar-refractivity contribution in [1.82, 2.24) is 9.80 Å². The zero-order valence-electron chi connectivity index (χ0n) is 15.7. The van der Waals surface area contributed by atoms with E-state index in [0.717, 1.165) is 63.7 Å². The molecule has 0 aliphatic carbocycles. The van der Waals surface area contributed by atoms with Gasteiger partial charge in [0.15, 0.2) is 0 Å². The maximum absolute atomic E-state index is 13.0. The molecule has 2 aliphatic rings. The lowest BCUT2D eigenvalue weighted by Gasteiger charge is -2.38. The van der Waals surface area contributed by atoms with Crippen LogP contribution in [0.4, 0.5) is 0 Å². The molecule has 0 radical (unpaired) electrons. The van der Waals surface area contributed by atoms with Gasteiger partial charge in [0.2, 0.25) is 5.91 Å². The van der Waals surface area contributed by atoms with Gasteiger partial charge in [0.1, 0.15) is 0 Å². The fourth-order valence-corrected chi connectivity index (χ4v) is 3.99. The van der Waals surface area contributed by atoms with Gasteiger partial charge in [-0.05, 0) is 51.1 Å². The van der Waals surface area contributed by atoms with Gasteiger partial charge in [0.05, 0.1) is 18.6 Å². The predicted octanol–water partition coefficient (Wildman–Crippen LogP) is 2.93. The van der Waals surface area contributed by atoms with Gasteiger partial charge in [0, 0.05) is 26.2 Å². The van der Waals surface area contributed by atoms with E-state index >= 15 is 0 Å². The summed E-state index contributed by atoms with van der Waals surface area (Å²) >= 11 is 0. The zero-order chi connectivity index (χ0) is 17.7. The average molecular weight is 344 g/mol. The molecule has 3 rings (SSSR count). The summed E-state index contributed by atoms with van der Waals surface area (Å²) in [6.45, 7) is 11.0. The van der Waals surface area contributed by atoms with Crippen molar-refractivity contribution < 1.29 is 9.53 Å². The number of ether oxygens (including phenoxy) is 1. The third-order valence-electron chi connectivity index (χ3n) is 5.89. The van der Waals surface area contributed by atoms with Gasteiger partial charge in [0.25, 0.3) is 0 Å². The molecule has 0 saturated carbocycles. The lowest BCUT2D eigenvalue weighted by molar-refractivity contribution is -0.137. The van der Waals surface area contributed by atoms with Crippen molar-refractivity contribution in [2.24, 2.45) is 5.92 Å². The van der Waals surface area contributed by atoms with Crippen LogP contribution in [-0.4, -0.2) is 61.6 Å². The van der Waals surface area contributed by atoms with Crippen LogP contribution in [0.1, 0.15) is 38.7 Å². The van der Waals surface area contributed by atoms with Crippen molar-refractivity contribution in [1.29, 1.82) is 0 Å². The van der Waals surface area contributed by atoms with Crippen molar-refractivity contribution in [3.8, 4) is 0 Å². The van der Waals surface area contributed by atoms with Gasteiger partial charge in [-0.1, -0.05) is 30.3 Å². The summed E-state index contributed by atoms with van der Waals surface area (Å²) in [4.78, 5) is 17.6. The fraction of sp³-hybridized carbons (Fsp3) is 0.667. The van der Waals surface area contributed by atoms with E-state index < -0.39 is 5.41 Å². The minimum atomic E-state index is -0.443. The standard InChI is InChI=1S/C21H32N2O2/c1-21(2,19-6-4-3-5-7-19)20(24)23-12-9-18(10-13-23)8-11-22-14-16-25-17-15-22/h3-7,18H,8-17H2,1-2H3. The Bertz CT molecular complexity index is 544. The minimum absolute atomic E-state index is 0.269. The number of nitrogens with zero attached hydrogens (tertiary/aromatic N) is 2. The minimum Gasteiger partial charge on any atom is -0.379 e. The molecular weight excluding hydrogens is 312 g/mol. The van der Waals surface area contributed by atoms with E-state index in [1.165, 1.54) is 13.0 Å². The SMILES string of the molecule is CC(C)(C(=O)N1CCC(CCN2CCOCC2)CC1)c1ccccc1. The Hall–Kier alpha value is -1.39. The summed E-state index contributed by atoms with van der Waals surface area (Å²) in [6.07, 6.45) is 3.53. The van der Waals surface area contributed by atoms with Crippen molar-refractivity contribution in [2.45, 2.75) is 38.5 Å². The summed E-state index contributed by atoms with van der Waals surface area (Å²) in [6, 6.07) is 10.2. The van der Waals surface area contributed by atoms with Gasteiger partial charge in [-0.2, -0.15) is 0 Å². The number of benzene rings is 1. The largest absolute Gasteiger partial charge is 0.379 e. The first kappa shape index (κ1) is 18.4. The Kier molecular flexibility index (Phi) is 6.13. The second-order valence-corrected chi connectivity index (χ2v) is 7.97. The second kappa shape index (κ2) is 8.33. The third kappa shape index (κ3) is 4.62. The molecule has 4 heteroatoms. The number of rotatable bonds is 5.